The van der Waals surface area contributed by atoms with Crippen molar-refractivity contribution in [1.82, 2.24) is 0 Å². The van der Waals surface area contributed by atoms with E-state index in [9.17, 15) is 4.79 Å². The quantitative estimate of drug-likeness (QED) is 0.0607. The Morgan fingerprint density at radius 1 is 0.667 bits per heavy atom. The fourth-order valence-corrected chi connectivity index (χ4v) is 6.86. The second-order valence-electron chi connectivity index (χ2n) is 11.9. The number of carbonyl (C=O) groups is 1. The summed E-state index contributed by atoms with van der Waals surface area (Å²) in [6.45, 7) is 10.5. The average molecular weight is 563 g/mol. The maximum atomic E-state index is 12.6. The van der Waals surface area contributed by atoms with Gasteiger partial charge in [-0.3, -0.25) is 0 Å². The zero-order chi connectivity index (χ0) is 28.4. The number of ether oxygens (including phenoxy) is 2. The number of unbranched alkanes of at least 4 members (excludes halogenated alkanes) is 16. The van der Waals surface area contributed by atoms with Gasteiger partial charge in [0.15, 0.2) is 0 Å². The molecule has 0 N–H and O–H groups in total. The number of carbonyl (C=O) groups excluding carboxylic acids is 1. The molecule has 0 saturated heterocycles. The van der Waals surface area contributed by atoms with Crippen LogP contribution in [0.4, 0.5) is 0 Å². The van der Waals surface area contributed by atoms with Crippen LogP contribution in [0.5, 0.6) is 0 Å². The van der Waals surface area contributed by atoms with Crippen LogP contribution in [0.2, 0.25) is 19.1 Å². The van der Waals surface area contributed by atoms with Gasteiger partial charge in [-0.15, -0.1) is 19.1 Å². The zero-order valence-electron chi connectivity index (χ0n) is 26.2. The van der Waals surface area contributed by atoms with Crippen LogP contribution in [-0.4, -0.2) is 40.2 Å². The molecule has 0 spiro atoms. The Morgan fingerprint density at radius 2 is 1.15 bits per heavy atom. The molecule has 0 aliphatic heterocycles. The lowest BCUT2D eigenvalue weighted by molar-refractivity contribution is -0.0217. The van der Waals surface area contributed by atoms with E-state index in [-0.39, 0.29) is 12.1 Å². The van der Waals surface area contributed by atoms with Crippen molar-refractivity contribution in [3.63, 3.8) is 0 Å². The van der Waals surface area contributed by atoms with Crippen LogP contribution in [0.1, 0.15) is 140 Å². The molecule has 1 aromatic carbocycles. The van der Waals surface area contributed by atoms with Crippen LogP contribution in [-0.2, 0) is 13.9 Å². The van der Waals surface area contributed by atoms with Crippen LogP contribution < -0.4 is 0 Å². The van der Waals surface area contributed by atoms with Gasteiger partial charge in [0.1, 0.15) is 6.10 Å². The van der Waals surface area contributed by atoms with E-state index in [2.05, 4.69) is 26.9 Å². The fourth-order valence-electron chi connectivity index (χ4n) is 4.87. The van der Waals surface area contributed by atoms with Gasteiger partial charge >= 0.3 is 5.97 Å². The van der Waals surface area contributed by atoms with E-state index in [0.29, 0.717) is 25.4 Å². The highest BCUT2D eigenvalue weighted by molar-refractivity contribution is 6.71. The van der Waals surface area contributed by atoms with Gasteiger partial charge in [0.05, 0.1) is 12.2 Å². The van der Waals surface area contributed by atoms with Gasteiger partial charge in [0.25, 0.3) is 0 Å². The Morgan fingerprint density at radius 3 is 1.67 bits per heavy atom. The van der Waals surface area contributed by atoms with Crippen molar-refractivity contribution in [2.45, 2.75) is 155 Å². The van der Waals surface area contributed by atoms with E-state index in [1.54, 1.807) is 12.1 Å². The smallest absolute Gasteiger partial charge is 0.338 e. The molecule has 1 rings (SSSR count). The monoisotopic (exact) mass is 562 g/mol. The van der Waals surface area contributed by atoms with Crippen molar-refractivity contribution in [2.75, 3.05) is 19.8 Å². The molecular weight excluding hydrogens is 500 g/mol. The normalized spacial score (nSPS) is 12.5. The number of esters is 1. The summed E-state index contributed by atoms with van der Waals surface area (Å²) >= 11 is 0. The van der Waals surface area contributed by atoms with Gasteiger partial charge in [-0.25, -0.2) is 4.79 Å². The van der Waals surface area contributed by atoms with Crippen molar-refractivity contribution in [1.29, 1.82) is 0 Å². The Hall–Kier alpha value is -1.17. The van der Waals surface area contributed by atoms with Crippen molar-refractivity contribution in [3.8, 4) is 0 Å². The first kappa shape index (κ1) is 35.9. The van der Waals surface area contributed by atoms with E-state index in [1.807, 2.05) is 18.2 Å². The molecular formula is C34H62O4Si-. The van der Waals surface area contributed by atoms with E-state index in [4.69, 9.17) is 13.9 Å². The molecule has 4 nitrogen and oxygen atoms in total. The van der Waals surface area contributed by atoms with Crippen LogP contribution in [0.25, 0.3) is 0 Å². The molecule has 0 aromatic heterocycles. The van der Waals surface area contributed by atoms with Gasteiger partial charge in [-0.2, -0.15) is 0 Å². The summed E-state index contributed by atoms with van der Waals surface area (Å²) in [6.07, 6.45) is 23.8. The number of hydrogen-bond acceptors (Lipinski definition) is 4. The third kappa shape index (κ3) is 21.3. The number of rotatable bonds is 27. The number of hydrogen-bond donors (Lipinski definition) is 0. The maximum absolute atomic E-state index is 12.6. The first-order chi connectivity index (χ1) is 19.0. The van der Waals surface area contributed by atoms with Crippen LogP contribution in [0.3, 0.4) is 0 Å². The molecule has 0 heterocycles. The molecule has 0 aliphatic rings. The molecule has 1 atom stereocenters. The second kappa shape index (κ2) is 24.6. The molecule has 227 valence electrons. The molecule has 0 amide bonds. The van der Waals surface area contributed by atoms with Crippen molar-refractivity contribution < 1.29 is 18.7 Å². The number of benzene rings is 1. The Kier molecular flexibility index (Phi) is 22.6. The zero-order valence-corrected chi connectivity index (χ0v) is 27.2. The van der Waals surface area contributed by atoms with Gasteiger partial charge in [-0.1, -0.05) is 141 Å². The van der Waals surface area contributed by atoms with E-state index < -0.39 is 8.32 Å². The van der Waals surface area contributed by atoms with E-state index >= 15 is 0 Å². The minimum Gasteiger partial charge on any atom is -0.562 e. The summed E-state index contributed by atoms with van der Waals surface area (Å²) in [5.41, 5.74) is 0.572. The molecule has 0 radical (unpaired) electrons. The summed E-state index contributed by atoms with van der Waals surface area (Å²) in [5.74, 6) is -0.303. The standard InChI is InChI=1S/C34H62O4Si/c1-5-7-9-10-11-12-13-14-15-16-17-18-19-20-21-25-28-36-30-33(31-37-39(3,4)29-8-6-2)38-34(35)32-26-23-22-24-27-32/h22-24,26-27,33H,5-21,25,28-31H2,1-4H3/q-1/t33-/m1/s1. The first-order valence-corrected chi connectivity index (χ1v) is 19.6. The summed E-state index contributed by atoms with van der Waals surface area (Å²) in [7, 11) is -1.76. The summed E-state index contributed by atoms with van der Waals surface area (Å²) in [5, 5.41) is 0. The van der Waals surface area contributed by atoms with Gasteiger partial charge < -0.3 is 13.9 Å². The van der Waals surface area contributed by atoms with Crippen LogP contribution in [0, 0.1) is 0 Å². The highest BCUT2D eigenvalue weighted by Gasteiger charge is 2.18. The topological polar surface area (TPSA) is 44.8 Å². The third-order valence-corrected chi connectivity index (χ3v) is 10.0. The molecule has 0 bridgehead atoms. The van der Waals surface area contributed by atoms with Gasteiger partial charge in [-0.05, 0) is 26.9 Å². The lowest BCUT2D eigenvalue weighted by atomic mass is 10.0. The van der Waals surface area contributed by atoms with E-state index in [1.165, 1.54) is 109 Å². The molecule has 1 aromatic rings. The predicted octanol–water partition coefficient (Wildman–Crippen LogP) is 10.5. The summed E-state index contributed by atoms with van der Waals surface area (Å²) < 4.78 is 18.1. The molecule has 0 aliphatic carbocycles. The molecule has 0 saturated carbocycles. The first-order valence-electron chi connectivity index (χ1n) is 16.5. The fraction of sp³-hybridized carbons (Fsp3) is 0.794. The summed E-state index contributed by atoms with van der Waals surface area (Å²) in [6, 6.07) is 10.3. The van der Waals surface area contributed by atoms with Gasteiger partial charge in [0, 0.05) is 13.2 Å². The summed E-state index contributed by atoms with van der Waals surface area (Å²) in [4.78, 5) is 12.6. The SMILES string of the molecule is CCCCCCCCCCCCCCCCCCOC[C@H](CO[Si-](C)(C)CCCC)OC(=O)c1ccccc1. The average Bonchev–Trinajstić information content (AvgIpc) is 2.94. The van der Waals surface area contributed by atoms with Crippen molar-refractivity contribution >= 4 is 14.3 Å². The lowest BCUT2D eigenvalue weighted by Gasteiger charge is -2.37. The highest BCUT2D eigenvalue weighted by Crippen LogP contribution is 2.17. The van der Waals surface area contributed by atoms with Gasteiger partial charge in [0.2, 0.25) is 0 Å². The Labute approximate surface area is 243 Å². The second-order valence-corrected chi connectivity index (χ2v) is 16.3. The lowest BCUT2D eigenvalue weighted by Crippen LogP contribution is -2.37. The maximum Gasteiger partial charge on any atom is 0.338 e. The Bertz CT molecular complexity index is 679. The Balaban J connectivity index is 2.12. The van der Waals surface area contributed by atoms with E-state index in [0.717, 1.165) is 12.5 Å². The minimum atomic E-state index is -1.76. The third-order valence-electron chi connectivity index (χ3n) is 7.52. The predicted molar refractivity (Wildman–Crippen MR) is 169 cm³/mol. The van der Waals surface area contributed by atoms with Crippen LogP contribution >= 0.6 is 0 Å². The molecule has 5 heteroatoms. The van der Waals surface area contributed by atoms with Crippen molar-refractivity contribution in [3.05, 3.63) is 35.9 Å². The largest absolute Gasteiger partial charge is 0.562 e. The molecule has 39 heavy (non-hydrogen) atoms. The highest BCUT2D eigenvalue weighted by atomic mass is 28.4. The minimum absolute atomic E-state index is 0.303. The van der Waals surface area contributed by atoms with Crippen LogP contribution in [0.15, 0.2) is 30.3 Å². The molecule has 0 unspecified atom stereocenters. The molecule has 0 fully saturated rings. The van der Waals surface area contributed by atoms with Crippen molar-refractivity contribution in [2.24, 2.45) is 0 Å².